The van der Waals surface area contributed by atoms with Crippen molar-refractivity contribution in [2.75, 3.05) is 18.9 Å². The average molecular weight is 257 g/mol. The highest BCUT2D eigenvalue weighted by atomic mass is 35.5. The van der Waals surface area contributed by atoms with E-state index in [1.165, 1.54) is 11.9 Å². The Balaban J connectivity index is 2.64. The SMILES string of the molecule is CN(CC(N)=NO)C(=O)Nc1ccccc1Cl. The summed E-state index contributed by atoms with van der Waals surface area (Å²) in [5, 5.41) is 14.2. The van der Waals surface area contributed by atoms with Crippen molar-refractivity contribution < 1.29 is 10.0 Å². The molecule has 0 aliphatic heterocycles. The van der Waals surface area contributed by atoms with Crippen LogP contribution in [0, 0.1) is 0 Å². The van der Waals surface area contributed by atoms with Gasteiger partial charge in [0.15, 0.2) is 5.84 Å². The smallest absolute Gasteiger partial charge is 0.322 e. The maximum atomic E-state index is 11.7. The molecule has 0 saturated carbocycles. The number of amides is 2. The molecule has 0 radical (unpaired) electrons. The minimum atomic E-state index is -0.398. The summed E-state index contributed by atoms with van der Waals surface area (Å²) in [4.78, 5) is 12.9. The van der Waals surface area contributed by atoms with Crippen molar-refractivity contribution in [1.82, 2.24) is 4.90 Å². The Bertz CT molecular complexity index is 436. The zero-order valence-corrected chi connectivity index (χ0v) is 9.98. The first-order chi connectivity index (χ1) is 8.04. The van der Waals surface area contributed by atoms with Crippen LogP contribution in [0.15, 0.2) is 29.4 Å². The molecule has 0 unspecified atom stereocenters. The second kappa shape index (κ2) is 5.95. The van der Waals surface area contributed by atoms with E-state index in [-0.39, 0.29) is 12.4 Å². The van der Waals surface area contributed by atoms with E-state index in [0.717, 1.165) is 0 Å². The fourth-order valence-electron chi connectivity index (χ4n) is 1.12. The molecule has 0 fully saturated rings. The summed E-state index contributed by atoms with van der Waals surface area (Å²) in [6, 6.07) is 6.46. The lowest BCUT2D eigenvalue weighted by Crippen LogP contribution is -2.38. The lowest BCUT2D eigenvalue weighted by atomic mass is 10.3. The highest BCUT2D eigenvalue weighted by Crippen LogP contribution is 2.20. The molecular formula is C10H13ClN4O2. The van der Waals surface area contributed by atoms with Crippen LogP contribution in [0.1, 0.15) is 0 Å². The lowest BCUT2D eigenvalue weighted by molar-refractivity contribution is 0.227. The van der Waals surface area contributed by atoms with Gasteiger partial charge in [0.2, 0.25) is 0 Å². The molecule has 6 nitrogen and oxygen atoms in total. The van der Waals surface area contributed by atoms with Crippen LogP contribution in [0.5, 0.6) is 0 Å². The van der Waals surface area contributed by atoms with E-state index in [9.17, 15) is 4.79 Å². The van der Waals surface area contributed by atoms with Gasteiger partial charge in [-0.25, -0.2) is 4.79 Å². The minimum absolute atomic E-state index is 0.0206. The molecule has 7 heteroatoms. The van der Waals surface area contributed by atoms with Crippen LogP contribution in [0.25, 0.3) is 0 Å². The van der Waals surface area contributed by atoms with E-state index < -0.39 is 6.03 Å². The topological polar surface area (TPSA) is 90.9 Å². The molecule has 0 atom stereocenters. The Morgan fingerprint density at radius 1 is 1.59 bits per heavy atom. The number of nitrogens with two attached hydrogens (primary N) is 1. The standard InChI is InChI=1S/C10H13ClN4O2/c1-15(6-9(12)14-17)10(16)13-8-5-3-2-4-7(8)11/h2-5,17H,6H2,1H3,(H2,12,14)(H,13,16). The van der Waals surface area contributed by atoms with Crippen molar-refractivity contribution in [3.63, 3.8) is 0 Å². The quantitative estimate of drug-likeness (QED) is 0.332. The Morgan fingerprint density at radius 2 is 2.24 bits per heavy atom. The molecule has 0 aliphatic carbocycles. The van der Waals surface area contributed by atoms with E-state index in [0.29, 0.717) is 10.7 Å². The van der Waals surface area contributed by atoms with Gasteiger partial charge >= 0.3 is 6.03 Å². The van der Waals surface area contributed by atoms with Gasteiger partial charge in [0.05, 0.1) is 17.3 Å². The number of benzene rings is 1. The molecule has 4 N–H and O–H groups in total. The van der Waals surface area contributed by atoms with E-state index in [2.05, 4.69) is 10.5 Å². The van der Waals surface area contributed by atoms with E-state index in [1.807, 2.05) is 0 Å². The number of carbonyl (C=O) groups is 1. The van der Waals surface area contributed by atoms with Crippen LogP contribution in [-0.4, -0.2) is 35.6 Å². The number of urea groups is 1. The molecule has 17 heavy (non-hydrogen) atoms. The van der Waals surface area contributed by atoms with Crippen molar-refractivity contribution in [2.24, 2.45) is 10.9 Å². The van der Waals surface area contributed by atoms with Crippen molar-refractivity contribution in [2.45, 2.75) is 0 Å². The molecule has 0 saturated heterocycles. The summed E-state index contributed by atoms with van der Waals surface area (Å²) in [6.07, 6.45) is 0. The highest BCUT2D eigenvalue weighted by molar-refractivity contribution is 6.33. The van der Waals surface area contributed by atoms with Gasteiger partial charge in [-0.15, -0.1) is 0 Å². The number of oxime groups is 1. The van der Waals surface area contributed by atoms with Gasteiger partial charge in [0.25, 0.3) is 0 Å². The number of likely N-dealkylation sites (N-methyl/N-ethyl adjacent to an activating group) is 1. The molecule has 1 aromatic carbocycles. The molecule has 0 heterocycles. The molecule has 0 aromatic heterocycles. The van der Waals surface area contributed by atoms with Crippen LogP contribution in [-0.2, 0) is 0 Å². The summed E-state index contributed by atoms with van der Waals surface area (Å²) in [6.45, 7) is 0.0206. The van der Waals surface area contributed by atoms with Gasteiger partial charge in [0.1, 0.15) is 0 Å². The van der Waals surface area contributed by atoms with Crippen LogP contribution < -0.4 is 11.1 Å². The third kappa shape index (κ3) is 3.84. The second-order valence-electron chi connectivity index (χ2n) is 3.36. The fraction of sp³-hybridized carbons (Fsp3) is 0.200. The predicted octanol–water partition coefficient (Wildman–Crippen LogP) is 1.55. The molecular weight excluding hydrogens is 244 g/mol. The first-order valence-corrected chi connectivity index (χ1v) is 5.15. The number of hydrogen-bond donors (Lipinski definition) is 3. The van der Waals surface area contributed by atoms with Crippen LogP contribution in [0.2, 0.25) is 5.02 Å². The van der Waals surface area contributed by atoms with E-state index in [4.69, 9.17) is 22.5 Å². The Morgan fingerprint density at radius 3 is 2.82 bits per heavy atom. The van der Waals surface area contributed by atoms with Gasteiger partial charge in [-0.2, -0.15) is 0 Å². The molecule has 0 spiro atoms. The van der Waals surface area contributed by atoms with E-state index in [1.54, 1.807) is 24.3 Å². The van der Waals surface area contributed by atoms with Gasteiger partial charge in [0, 0.05) is 7.05 Å². The minimum Gasteiger partial charge on any atom is -0.409 e. The third-order valence-electron chi connectivity index (χ3n) is 1.99. The second-order valence-corrected chi connectivity index (χ2v) is 3.76. The number of rotatable bonds is 3. The number of carbonyl (C=O) groups excluding carboxylic acids is 1. The first-order valence-electron chi connectivity index (χ1n) is 4.77. The predicted molar refractivity (Wildman–Crippen MR) is 66.5 cm³/mol. The average Bonchev–Trinajstić information content (AvgIpc) is 2.31. The Hall–Kier alpha value is -1.95. The van der Waals surface area contributed by atoms with Crippen molar-refractivity contribution in [3.05, 3.63) is 29.3 Å². The molecule has 1 aromatic rings. The molecule has 0 bridgehead atoms. The van der Waals surface area contributed by atoms with Crippen molar-refractivity contribution >= 4 is 29.2 Å². The molecule has 1 rings (SSSR count). The molecule has 0 aliphatic rings. The zero-order valence-electron chi connectivity index (χ0n) is 9.22. The summed E-state index contributed by atoms with van der Waals surface area (Å²) < 4.78 is 0. The van der Waals surface area contributed by atoms with Crippen LogP contribution in [0.3, 0.4) is 0 Å². The third-order valence-corrected chi connectivity index (χ3v) is 2.32. The highest BCUT2D eigenvalue weighted by Gasteiger charge is 2.11. The Labute approximate surface area is 104 Å². The van der Waals surface area contributed by atoms with Crippen molar-refractivity contribution in [3.8, 4) is 0 Å². The largest absolute Gasteiger partial charge is 0.409 e. The van der Waals surface area contributed by atoms with Crippen molar-refractivity contribution in [1.29, 1.82) is 0 Å². The fourth-order valence-corrected chi connectivity index (χ4v) is 1.30. The first kappa shape index (κ1) is 13.1. The molecule has 2 amide bonds. The Kier molecular flexibility index (Phi) is 4.59. The zero-order chi connectivity index (χ0) is 12.8. The summed E-state index contributed by atoms with van der Waals surface area (Å²) in [5.41, 5.74) is 5.79. The number of anilines is 1. The monoisotopic (exact) mass is 256 g/mol. The van der Waals surface area contributed by atoms with Gasteiger partial charge in [-0.05, 0) is 12.1 Å². The van der Waals surface area contributed by atoms with E-state index >= 15 is 0 Å². The number of halogens is 1. The summed E-state index contributed by atoms with van der Waals surface area (Å²) in [5.74, 6) is -0.0539. The maximum Gasteiger partial charge on any atom is 0.322 e. The number of nitrogens with zero attached hydrogens (tertiary/aromatic N) is 2. The number of para-hydroxylation sites is 1. The number of amidine groups is 1. The van der Waals surface area contributed by atoms with Crippen LogP contribution >= 0.6 is 11.6 Å². The number of hydrogen-bond acceptors (Lipinski definition) is 3. The normalized spacial score (nSPS) is 11.1. The maximum absolute atomic E-state index is 11.7. The van der Waals surface area contributed by atoms with Gasteiger partial charge in [-0.3, -0.25) is 0 Å². The summed E-state index contributed by atoms with van der Waals surface area (Å²) >= 11 is 5.88. The number of nitrogens with one attached hydrogen (secondary N) is 1. The molecule has 92 valence electrons. The van der Waals surface area contributed by atoms with Gasteiger partial charge < -0.3 is 21.2 Å². The van der Waals surface area contributed by atoms with Gasteiger partial charge in [-0.1, -0.05) is 28.9 Å². The summed E-state index contributed by atoms with van der Waals surface area (Å²) in [7, 11) is 1.52. The van der Waals surface area contributed by atoms with Crippen LogP contribution in [0.4, 0.5) is 10.5 Å². The lowest BCUT2D eigenvalue weighted by Gasteiger charge is -2.17.